The number of amides is 1. The molecular weight excluding hydrogens is 372 g/mol. The summed E-state index contributed by atoms with van der Waals surface area (Å²) in [6, 6.07) is 3.36. The quantitative estimate of drug-likeness (QED) is 0.782. The maximum atomic E-state index is 11.8. The van der Waals surface area contributed by atoms with Crippen LogP contribution in [-0.2, 0) is 9.47 Å². The van der Waals surface area contributed by atoms with E-state index in [1.54, 1.807) is 32.9 Å². The number of rotatable bonds is 2. The van der Waals surface area contributed by atoms with Crippen LogP contribution in [0.4, 0.5) is 9.93 Å². The molecule has 0 spiro atoms. The highest BCUT2D eigenvalue weighted by Gasteiger charge is 2.20. The number of carbonyl (C=O) groups excluding carboxylic acids is 2. The molecule has 0 atom stereocenters. The van der Waals surface area contributed by atoms with Crippen molar-refractivity contribution < 1.29 is 19.1 Å². The van der Waals surface area contributed by atoms with Crippen molar-refractivity contribution in [1.82, 2.24) is 4.98 Å². The number of anilines is 1. The van der Waals surface area contributed by atoms with E-state index in [-0.39, 0.29) is 0 Å². The van der Waals surface area contributed by atoms with Gasteiger partial charge in [0.15, 0.2) is 5.13 Å². The molecule has 2 aromatic rings. The van der Waals surface area contributed by atoms with E-state index in [1.165, 1.54) is 18.4 Å². The maximum absolute atomic E-state index is 11.8. The van der Waals surface area contributed by atoms with E-state index in [2.05, 4.69) is 26.2 Å². The topological polar surface area (TPSA) is 77.5 Å². The number of ether oxygens (including phenoxy) is 2. The molecule has 1 aromatic heterocycles. The fourth-order valence-corrected chi connectivity index (χ4v) is 3.22. The van der Waals surface area contributed by atoms with Gasteiger partial charge in [0.1, 0.15) is 5.60 Å². The third-order valence-electron chi connectivity index (χ3n) is 2.51. The van der Waals surface area contributed by atoms with Crippen LogP contribution in [0, 0.1) is 0 Å². The van der Waals surface area contributed by atoms with Crippen LogP contribution >= 0.6 is 27.3 Å². The lowest BCUT2D eigenvalue weighted by atomic mass is 10.2. The molecular formula is C14H15BrN2O4S. The highest BCUT2D eigenvalue weighted by atomic mass is 79.9. The molecule has 0 fully saturated rings. The van der Waals surface area contributed by atoms with Gasteiger partial charge in [0.2, 0.25) is 0 Å². The SMILES string of the molecule is COC(=O)c1ccc(Br)c2nc(NC(=O)OC(C)(C)C)sc12. The van der Waals surface area contributed by atoms with Gasteiger partial charge < -0.3 is 9.47 Å². The summed E-state index contributed by atoms with van der Waals surface area (Å²) in [6.07, 6.45) is -0.595. The smallest absolute Gasteiger partial charge is 0.413 e. The molecule has 1 N–H and O–H groups in total. The highest BCUT2D eigenvalue weighted by molar-refractivity contribution is 9.10. The lowest BCUT2D eigenvalue weighted by Gasteiger charge is -2.18. The fraction of sp³-hybridized carbons (Fsp3) is 0.357. The Hall–Kier alpha value is -1.67. The second-order valence-electron chi connectivity index (χ2n) is 5.41. The summed E-state index contributed by atoms with van der Waals surface area (Å²) in [6.45, 7) is 5.32. The molecule has 0 radical (unpaired) electrons. The van der Waals surface area contributed by atoms with Crippen molar-refractivity contribution >= 4 is 54.7 Å². The molecule has 0 aliphatic heterocycles. The van der Waals surface area contributed by atoms with E-state index in [4.69, 9.17) is 9.47 Å². The van der Waals surface area contributed by atoms with Gasteiger partial charge in [0.25, 0.3) is 0 Å². The minimum absolute atomic E-state index is 0.348. The summed E-state index contributed by atoms with van der Waals surface area (Å²) >= 11 is 4.56. The maximum Gasteiger partial charge on any atom is 0.413 e. The zero-order chi connectivity index (χ0) is 16.5. The number of nitrogens with one attached hydrogen (secondary N) is 1. The molecule has 1 amide bonds. The number of nitrogens with zero attached hydrogens (tertiary/aromatic N) is 1. The fourth-order valence-electron chi connectivity index (χ4n) is 1.69. The van der Waals surface area contributed by atoms with Crippen LogP contribution in [0.5, 0.6) is 0 Å². The number of halogens is 1. The summed E-state index contributed by atoms with van der Waals surface area (Å²) in [5, 5.41) is 2.92. The van der Waals surface area contributed by atoms with Crippen molar-refractivity contribution in [3.05, 3.63) is 22.2 Å². The van der Waals surface area contributed by atoms with Gasteiger partial charge in [-0.15, -0.1) is 0 Å². The highest BCUT2D eigenvalue weighted by Crippen LogP contribution is 2.34. The number of hydrogen-bond acceptors (Lipinski definition) is 6. The Morgan fingerprint density at radius 1 is 1.32 bits per heavy atom. The first kappa shape index (κ1) is 16.7. The van der Waals surface area contributed by atoms with E-state index >= 15 is 0 Å². The summed E-state index contributed by atoms with van der Waals surface area (Å²) in [7, 11) is 1.32. The molecule has 0 aliphatic rings. The van der Waals surface area contributed by atoms with Crippen molar-refractivity contribution in [3.8, 4) is 0 Å². The average Bonchev–Trinajstić information content (AvgIpc) is 2.80. The van der Waals surface area contributed by atoms with Crippen LogP contribution in [0.3, 0.4) is 0 Å². The van der Waals surface area contributed by atoms with Gasteiger partial charge in [-0.1, -0.05) is 11.3 Å². The van der Waals surface area contributed by atoms with Gasteiger partial charge in [-0.3, -0.25) is 5.32 Å². The Balaban J connectivity index is 2.36. The van der Waals surface area contributed by atoms with Gasteiger partial charge in [-0.2, -0.15) is 0 Å². The van der Waals surface area contributed by atoms with E-state index in [9.17, 15) is 9.59 Å². The van der Waals surface area contributed by atoms with Gasteiger partial charge in [0.05, 0.1) is 22.9 Å². The Kier molecular flexibility index (Phi) is 4.72. The third kappa shape index (κ3) is 3.75. The van der Waals surface area contributed by atoms with Crippen molar-refractivity contribution in [2.24, 2.45) is 0 Å². The number of fused-ring (bicyclic) bond motifs is 1. The predicted molar refractivity (Wildman–Crippen MR) is 88.5 cm³/mol. The number of thiazole rings is 1. The van der Waals surface area contributed by atoms with Crippen molar-refractivity contribution in [2.75, 3.05) is 12.4 Å². The van der Waals surface area contributed by atoms with Crippen LogP contribution in [0.2, 0.25) is 0 Å². The van der Waals surface area contributed by atoms with E-state index < -0.39 is 17.7 Å². The van der Waals surface area contributed by atoms with Gasteiger partial charge in [-0.25, -0.2) is 14.6 Å². The van der Waals surface area contributed by atoms with Crippen LogP contribution in [0.1, 0.15) is 31.1 Å². The number of hydrogen-bond donors (Lipinski definition) is 1. The minimum Gasteiger partial charge on any atom is -0.465 e. The molecule has 118 valence electrons. The van der Waals surface area contributed by atoms with E-state index in [0.717, 1.165) is 4.47 Å². The third-order valence-corrected chi connectivity index (χ3v) is 4.15. The van der Waals surface area contributed by atoms with Crippen LogP contribution in [-0.4, -0.2) is 29.8 Å². The number of esters is 1. The summed E-state index contributed by atoms with van der Waals surface area (Å²) in [5.41, 5.74) is 0.382. The van der Waals surface area contributed by atoms with Crippen molar-refractivity contribution in [1.29, 1.82) is 0 Å². The van der Waals surface area contributed by atoms with E-state index in [0.29, 0.717) is 20.9 Å². The van der Waals surface area contributed by atoms with Gasteiger partial charge in [-0.05, 0) is 48.8 Å². The molecule has 0 aliphatic carbocycles. The molecule has 22 heavy (non-hydrogen) atoms. The number of carbonyl (C=O) groups is 2. The Bertz CT molecular complexity index is 736. The lowest BCUT2D eigenvalue weighted by molar-refractivity contribution is 0.0600. The Labute approximate surface area is 139 Å². The van der Waals surface area contributed by atoms with Crippen molar-refractivity contribution in [2.45, 2.75) is 26.4 Å². The minimum atomic E-state index is -0.599. The average molecular weight is 387 g/mol. The summed E-state index contributed by atoms with van der Waals surface area (Å²) < 4.78 is 11.3. The summed E-state index contributed by atoms with van der Waals surface area (Å²) in [5.74, 6) is -0.454. The van der Waals surface area contributed by atoms with Crippen LogP contribution < -0.4 is 5.32 Å². The molecule has 8 heteroatoms. The molecule has 0 unspecified atom stereocenters. The number of benzene rings is 1. The van der Waals surface area contributed by atoms with Crippen LogP contribution in [0.25, 0.3) is 10.2 Å². The molecule has 0 saturated carbocycles. The molecule has 1 heterocycles. The monoisotopic (exact) mass is 386 g/mol. The number of aromatic nitrogens is 1. The normalized spacial score (nSPS) is 11.3. The first-order valence-corrected chi connectivity index (χ1v) is 7.99. The number of methoxy groups -OCH3 is 1. The predicted octanol–water partition coefficient (Wildman–Crippen LogP) is 4.19. The Morgan fingerprint density at radius 3 is 2.59 bits per heavy atom. The largest absolute Gasteiger partial charge is 0.465 e. The molecule has 6 nitrogen and oxygen atoms in total. The standard InChI is InChI=1S/C14H15BrN2O4S/c1-14(2,3)21-13(19)17-12-16-9-8(15)6-5-7(10(9)22-12)11(18)20-4/h5-6H,1-4H3,(H,16,17,19). The second kappa shape index (κ2) is 6.21. The van der Waals surface area contributed by atoms with Crippen LogP contribution in [0.15, 0.2) is 16.6 Å². The summed E-state index contributed by atoms with van der Waals surface area (Å²) in [4.78, 5) is 27.9. The molecule has 2 rings (SSSR count). The van der Waals surface area contributed by atoms with E-state index in [1.807, 2.05) is 0 Å². The molecule has 0 bridgehead atoms. The van der Waals surface area contributed by atoms with Crippen molar-refractivity contribution in [3.63, 3.8) is 0 Å². The first-order chi connectivity index (χ1) is 10.2. The Morgan fingerprint density at radius 2 is 2.00 bits per heavy atom. The zero-order valence-corrected chi connectivity index (χ0v) is 14.9. The zero-order valence-electron chi connectivity index (χ0n) is 12.5. The van der Waals surface area contributed by atoms with Gasteiger partial charge in [0, 0.05) is 4.47 Å². The molecule has 1 aromatic carbocycles. The second-order valence-corrected chi connectivity index (χ2v) is 7.26. The van der Waals surface area contributed by atoms with Gasteiger partial charge >= 0.3 is 12.1 Å². The first-order valence-electron chi connectivity index (χ1n) is 6.38. The molecule has 0 saturated heterocycles. The lowest BCUT2D eigenvalue weighted by Crippen LogP contribution is -2.27.